The summed E-state index contributed by atoms with van der Waals surface area (Å²) in [5, 5.41) is 2.48. The predicted molar refractivity (Wildman–Crippen MR) is 130 cm³/mol. The Morgan fingerprint density at radius 1 is 0.818 bits per heavy atom. The maximum Gasteiger partial charge on any atom is 0.269 e. The van der Waals surface area contributed by atoms with E-state index in [-0.39, 0.29) is 5.11 Å². The van der Waals surface area contributed by atoms with Gasteiger partial charge in [-0.3, -0.25) is 25.8 Å². The Hall–Kier alpha value is -3.17. The number of ether oxygens (including phenoxy) is 3. The topological polar surface area (TPSA) is 97.9 Å². The molecule has 0 unspecified atom stereocenters. The molecule has 3 N–H and O–H groups in total. The first-order valence-corrected chi connectivity index (χ1v) is 11.2. The van der Waals surface area contributed by atoms with Crippen molar-refractivity contribution in [3.63, 3.8) is 0 Å². The summed E-state index contributed by atoms with van der Waals surface area (Å²) in [6, 6.07) is 13.4. The number of amides is 2. The largest absolute Gasteiger partial charge is 0.494 e. The number of hydrogen-bond acceptors (Lipinski definition) is 6. The molecule has 0 fully saturated rings. The zero-order chi connectivity index (χ0) is 24.1. The van der Waals surface area contributed by atoms with E-state index in [2.05, 4.69) is 30.0 Å². The molecule has 2 rings (SSSR count). The van der Waals surface area contributed by atoms with Crippen molar-refractivity contribution in [1.82, 2.24) is 16.2 Å². The minimum absolute atomic E-state index is 0.0287. The highest BCUT2D eigenvalue weighted by Gasteiger charge is 2.10. The standard InChI is InChI=1S/C24H31N3O5S/c1-4-30-15-16-32-21-9-5-18(6-10-21)22(28)25-24(33)27-26-23(29)19-7-11-20(12-8-19)31-14-13-17(2)3/h5-12,17H,4,13-16H2,1-3H3,(H,26,29)(H2,25,27,28,33). The van der Waals surface area contributed by atoms with Crippen LogP contribution in [-0.4, -0.2) is 43.4 Å². The number of benzene rings is 2. The molecule has 2 amide bonds. The SMILES string of the molecule is CCOCCOc1ccc(C(=O)NC(=S)NNC(=O)c2ccc(OCCC(C)C)cc2)cc1. The van der Waals surface area contributed by atoms with Crippen LogP contribution < -0.4 is 25.6 Å². The van der Waals surface area contributed by atoms with Gasteiger partial charge in [-0.05, 0) is 80.0 Å². The number of nitrogens with one attached hydrogen (secondary N) is 3. The Kier molecular flexibility index (Phi) is 11.1. The van der Waals surface area contributed by atoms with Crippen LogP contribution in [0.5, 0.6) is 11.5 Å². The van der Waals surface area contributed by atoms with Crippen molar-refractivity contribution in [1.29, 1.82) is 0 Å². The van der Waals surface area contributed by atoms with Crippen molar-refractivity contribution in [3.05, 3.63) is 59.7 Å². The Morgan fingerprint density at radius 3 is 1.91 bits per heavy atom. The number of rotatable bonds is 11. The minimum Gasteiger partial charge on any atom is -0.494 e. The smallest absolute Gasteiger partial charge is 0.269 e. The van der Waals surface area contributed by atoms with Gasteiger partial charge in [0.25, 0.3) is 11.8 Å². The molecule has 178 valence electrons. The molecule has 0 aliphatic heterocycles. The lowest BCUT2D eigenvalue weighted by atomic mass is 10.1. The second-order valence-electron chi connectivity index (χ2n) is 7.49. The lowest BCUT2D eigenvalue weighted by molar-refractivity contribution is 0.0934. The quantitative estimate of drug-likeness (QED) is 0.261. The maximum absolute atomic E-state index is 12.3. The summed E-state index contributed by atoms with van der Waals surface area (Å²) < 4.78 is 16.4. The van der Waals surface area contributed by atoms with Crippen LogP contribution in [0.15, 0.2) is 48.5 Å². The summed E-state index contributed by atoms with van der Waals surface area (Å²) in [7, 11) is 0. The normalized spacial score (nSPS) is 10.4. The zero-order valence-corrected chi connectivity index (χ0v) is 20.0. The lowest BCUT2D eigenvalue weighted by Gasteiger charge is -2.12. The van der Waals surface area contributed by atoms with Crippen molar-refractivity contribution in [2.24, 2.45) is 5.92 Å². The van der Waals surface area contributed by atoms with E-state index in [4.69, 9.17) is 26.4 Å². The van der Waals surface area contributed by atoms with Crippen LogP contribution in [-0.2, 0) is 4.74 Å². The van der Waals surface area contributed by atoms with Crippen LogP contribution in [0.3, 0.4) is 0 Å². The van der Waals surface area contributed by atoms with E-state index in [1.54, 1.807) is 48.5 Å². The van der Waals surface area contributed by atoms with Crippen LogP contribution >= 0.6 is 12.2 Å². The number of carbonyl (C=O) groups excluding carboxylic acids is 2. The summed E-state index contributed by atoms with van der Waals surface area (Å²) in [6.07, 6.45) is 0.960. The second kappa shape index (κ2) is 14.1. The molecule has 0 aliphatic carbocycles. The van der Waals surface area contributed by atoms with Crippen molar-refractivity contribution >= 4 is 29.1 Å². The van der Waals surface area contributed by atoms with Crippen LogP contribution in [0.4, 0.5) is 0 Å². The molecule has 0 saturated heterocycles. The van der Waals surface area contributed by atoms with Crippen LogP contribution in [0.2, 0.25) is 0 Å². The summed E-state index contributed by atoms with van der Waals surface area (Å²) in [4.78, 5) is 24.6. The predicted octanol–water partition coefficient (Wildman–Crippen LogP) is 3.48. The molecular formula is C24H31N3O5S. The van der Waals surface area contributed by atoms with Gasteiger partial charge in [0.05, 0.1) is 13.2 Å². The van der Waals surface area contributed by atoms with Gasteiger partial charge in [0.1, 0.15) is 18.1 Å². The molecular weight excluding hydrogens is 442 g/mol. The highest BCUT2D eigenvalue weighted by Crippen LogP contribution is 2.14. The molecule has 2 aromatic carbocycles. The second-order valence-corrected chi connectivity index (χ2v) is 7.90. The van der Waals surface area contributed by atoms with Gasteiger partial charge in [0, 0.05) is 17.7 Å². The molecule has 0 atom stereocenters. The van der Waals surface area contributed by atoms with Crippen LogP contribution in [0.25, 0.3) is 0 Å². The van der Waals surface area contributed by atoms with Crippen LogP contribution in [0.1, 0.15) is 47.9 Å². The molecule has 33 heavy (non-hydrogen) atoms. The van der Waals surface area contributed by atoms with E-state index in [9.17, 15) is 9.59 Å². The highest BCUT2D eigenvalue weighted by molar-refractivity contribution is 7.80. The third-order valence-electron chi connectivity index (χ3n) is 4.41. The first-order valence-electron chi connectivity index (χ1n) is 10.8. The molecule has 2 aromatic rings. The number of hydrazine groups is 1. The minimum atomic E-state index is -0.412. The van der Waals surface area contributed by atoms with Gasteiger partial charge in [-0.1, -0.05) is 13.8 Å². The van der Waals surface area contributed by atoms with Gasteiger partial charge in [-0.25, -0.2) is 0 Å². The van der Waals surface area contributed by atoms with Crippen LogP contribution in [0, 0.1) is 5.92 Å². The van der Waals surface area contributed by atoms with Crippen molar-refractivity contribution in [2.75, 3.05) is 26.4 Å². The third-order valence-corrected chi connectivity index (χ3v) is 4.62. The van der Waals surface area contributed by atoms with Crippen molar-refractivity contribution < 1.29 is 23.8 Å². The monoisotopic (exact) mass is 473 g/mol. The average Bonchev–Trinajstić information content (AvgIpc) is 2.81. The zero-order valence-electron chi connectivity index (χ0n) is 19.2. The van der Waals surface area contributed by atoms with Gasteiger partial charge in [-0.15, -0.1) is 0 Å². The third kappa shape index (κ3) is 9.88. The molecule has 0 bridgehead atoms. The molecule has 8 nitrogen and oxygen atoms in total. The van der Waals surface area contributed by atoms with Gasteiger partial charge >= 0.3 is 0 Å². The van der Waals surface area contributed by atoms with E-state index in [1.807, 2.05) is 6.92 Å². The first kappa shape index (κ1) is 26.1. The van der Waals surface area contributed by atoms with Gasteiger partial charge in [-0.2, -0.15) is 0 Å². The molecule has 0 saturated carbocycles. The summed E-state index contributed by atoms with van der Waals surface area (Å²) in [5.74, 6) is 1.10. The number of hydrogen-bond donors (Lipinski definition) is 3. The Balaban J connectivity index is 1.74. The molecule has 0 spiro atoms. The van der Waals surface area contributed by atoms with Gasteiger partial charge in [0.15, 0.2) is 5.11 Å². The number of thiocarbonyl (C=S) groups is 1. The van der Waals surface area contributed by atoms with E-state index in [0.717, 1.165) is 6.42 Å². The highest BCUT2D eigenvalue weighted by atomic mass is 32.1. The summed E-state index contributed by atoms with van der Waals surface area (Å²) >= 11 is 5.08. The van der Waals surface area contributed by atoms with E-state index < -0.39 is 11.8 Å². The van der Waals surface area contributed by atoms with E-state index >= 15 is 0 Å². The fourth-order valence-corrected chi connectivity index (χ4v) is 2.72. The molecule has 0 aromatic heterocycles. The Morgan fingerprint density at radius 2 is 1.36 bits per heavy atom. The van der Waals surface area contributed by atoms with Crippen molar-refractivity contribution in [2.45, 2.75) is 27.2 Å². The lowest BCUT2D eigenvalue weighted by Crippen LogP contribution is -2.48. The van der Waals surface area contributed by atoms with Gasteiger partial charge < -0.3 is 14.2 Å². The molecule has 9 heteroatoms. The summed E-state index contributed by atoms with van der Waals surface area (Å²) in [5.41, 5.74) is 5.81. The molecule has 0 heterocycles. The fraction of sp³-hybridized carbons (Fsp3) is 0.375. The number of carbonyl (C=O) groups is 2. The first-order chi connectivity index (χ1) is 15.9. The molecule has 0 radical (unpaired) electrons. The van der Waals surface area contributed by atoms with Gasteiger partial charge in [0.2, 0.25) is 0 Å². The molecule has 0 aliphatic rings. The average molecular weight is 474 g/mol. The van der Waals surface area contributed by atoms with Crippen molar-refractivity contribution in [3.8, 4) is 11.5 Å². The van der Waals surface area contributed by atoms with E-state index in [1.165, 1.54) is 0 Å². The fourth-order valence-electron chi connectivity index (χ4n) is 2.57. The van der Waals surface area contributed by atoms with E-state index in [0.29, 0.717) is 55.0 Å². The Labute approximate surface area is 200 Å². The maximum atomic E-state index is 12.3. The Bertz CT molecular complexity index is 901. The summed E-state index contributed by atoms with van der Waals surface area (Å²) in [6.45, 7) is 8.38.